The van der Waals surface area contributed by atoms with Gasteiger partial charge in [0, 0.05) is 10.0 Å². The number of benzene rings is 1. The van der Waals surface area contributed by atoms with E-state index < -0.39 is 0 Å². The van der Waals surface area contributed by atoms with Crippen molar-refractivity contribution in [3.05, 3.63) is 46.6 Å². The Bertz CT molecular complexity index is 507. The quantitative estimate of drug-likeness (QED) is 0.859. The van der Waals surface area contributed by atoms with Gasteiger partial charge in [0.1, 0.15) is 10.7 Å². The predicted octanol–water partition coefficient (Wildman–Crippen LogP) is 3.34. The first kappa shape index (κ1) is 10.4. The molecule has 0 aliphatic carbocycles. The first-order valence-corrected chi connectivity index (χ1v) is 5.53. The Morgan fingerprint density at radius 1 is 1.20 bits per heavy atom. The largest absolute Gasteiger partial charge is 0.454 e. The Morgan fingerprint density at radius 2 is 1.93 bits per heavy atom. The normalized spacial score (nSPS) is 10.2. The zero-order valence-electron chi connectivity index (χ0n) is 7.74. The third-order valence-electron chi connectivity index (χ3n) is 1.99. The standard InChI is InChI=1S/C11H8BrNOS/c12-8-4-2-1-3-7(8)9-5-6-10(14-9)11(13)15/h1-6H,(H2,13,15). The number of thiocarbonyl (C=S) groups is 1. The molecule has 0 saturated carbocycles. The van der Waals surface area contributed by atoms with Crippen LogP contribution in [0.2, 0.25) is 0 Å². The highest BCUT2D eigenvalue weighted by molar-refractivity contribution is 9.10. The number of nitrogens with two attached hydrogens (primary N) is 1. The van der Waals surface area contributed by atoms with E-state index in [9.17, 15) is 0 Å². The minimum atomic E-state index is 0.272. The topological polar surface area (TPSA) is 39.2 Å². The monoisotopic (exact) mass is 281 g/mol. The lowest BCUT2D eigenvalue weighted by molar-refractivity contribution is 0.573. The van der Waals surface area contributed by atoms with Gasteiger partial charge in [-0.3, -0.25) is 0 Å². The van der Waals surface area contributed by atoms with Crippen molar-refractivity contribution in [3.8, 4) is 11.3 Å². The summed E-state index contributed by atoms with van der Waals surface area (Å²) in [6, 6.07) is 11.4. The Labute approximate surface area is 101 Å². The van der Waals surface area contributed by atoms with Crippen LogP contribution >= 0.6 is 28.1 Å². The maximum Gasteiger partial charge on any atom is 0.161 e. The third kappa shape index (κ3) is 2.11. The summed E-state index contributed by atoms with van der Waals surface area (Å²) in [5.41, 5.74) is 6.46. The van der Waals surface area contributed by atoms with Crippen molar-refractivity contribution in [2.45, 2.75) is 0 Å². The fourth-order valence-electron chi connectivity index (χ4n) is 1.28. The molecule has 2 nitrogen and oxygen atoms in total. The van der Waals surface area contributed by atoms with Crippen molar-refractivity contribution in [3.63, 3.8) is 0 Å². The van der Waals surface area contributed by atoms with Crippen LogP contribution in [0.3, 0.4) is 0 Å². The second-order valence-electron chi connectivity index (χ2n) is 3.01. The maximum atomic E-state index is 5.52. The lowest BCUT2D eigenvalue weighted by Crippen LogP contribution is -2.07. The first-order chi connectivity index (χ1) is 7.18. The highest BCUT2D eigenvalue weighted by Crippen LogP contribution is 2.29. The first-order valence-electron chi connectivity index (χ1n) is 4.33. The molecule has 0 unspecified atom stereocenters. The van der Waals surface area contributed by atoms with Gasteiger partial charge in [0.2, 0.25) is 0 Å². The Kier molecular flexibility index (Phi) is 2.88. The maximum absolute atomic E-state index is 5.52. The van der Waals surface area contributed by atoms with Crippen molar-refractivity contribution in [2.24, 2.45) is 5.73 Å². The smallest absolute Gasteiger partial charge is 0.161 e. The lowest BCUT2D eigenvalue weighted by Gasteiger charge is -1.99. The molecule has 1 heterocycles. The number of hydrogen-bond donors (Lipinski definition) is 1. The second-order valence-corrected chi connectivity index (χ2v) is 4.30. The van der Waals surface area contributed by atoms with Crippen molar-refractivity contribution in [1.82, 2.24) is 0 Å². The van der Waals surface area contributed by atoms with Crippen molar-refractivity contribution in [2.75, 3.05) is 0 Å². The average molecular weight is 282 g/mol. The summed E-state index contributed by atoms with van der Waals surface area (Å²) in [4.78, 5) is 0.272. The number of rotatable bonds is 2. The average Bonchev–Trinajstić information content (AvgIpc) is 2.67. The molecule has 0 radical (unpaired) electrons. The van der Waals surface area contributed by atoms with Gasteiger partial charge in [-0.05, 0) is 18.2 Å². The molecule has 2 rings (SSSR count). The molecule has 0 amide bonds. The van der Waals surface area contributed by atoms with Gasteiger partial charge in [0.15, 0.2) is 5.76 Å². The summed E-state index contributed by atoms with van der Waals surface area (Å²) in [7, 11) is 0. The molecule has 2 aromatic rings. The third-order valence-corrected chi connectivity index (χ3v) is 2.88. The van der Waals surface area contributed by atoms with Crippen LogP contribution in [0.5, 0.6) is 0 Å². The molecular formula is C11H8BrNOS. The van der Waals surface area contributed by atoms with Crippen LogP contribution in [0, 0.1) is 0 Å². The van der Waals surface area contributed by atoms with Crippen LogP contribution < -0.4 is 5.73 Å². The summed E-state index contributed by atoms with van der Waals surface area (Å²) in [6.45, 7) is 0. The molecule has 0 aliphatic heterocycles. The molecule has 1 aromatic heterocycles. The van der Waals surface area contributed by atoms with Gasteiger partial charge in [0.05, 0.1) is 0 Å². The molecule has 76 valence electrons. The Morgan fingerprint density at radius 3 is 2.53 bits per heavy atom. The predicted molar refractivity (Wildman–Crippen MR) is 67.7 cm³/mol. The SMILES string of the molecule is NC(=S)c1ccc(-c2ccccc2Br)o1. The second kappa shape index (κ2) is 4.16. The van der Waals surface area contributed by atoms with E-state index in [1.807, 2.05) is 30.3 Å². The summed E-state index contributed by atoms with van der Waals surface area (Å²) < 4.78 is 6.50. The van der Waals surface area contributed by atoms with E-state index in [-0.39, 0.29) is 4.99 Å². The summed E-state index contributed by atoms with van der Waals surface area (Å²) in [6.07, 6.45) is 0. The fraction of sp³-hybridized carbons (Fsp3) is 0. The number of hydrogen-bond acceptors (Lipinski definition) is 2. The van der Waals surface area contributed by atoms with E-state index >= 15 is 0 Å². The molecule has 4 heteroatoms. The summed E-state index contributed by atoms with van der Waals surface area (Å²) in [5, 5.41) is 0. The van der Waals surface area contributed by atoms with Gasteiger partial charge in [-0.25, -0.2) is 0 Å². The van der Waals surface area contributed by atoms with Crippen molar-refractivity contribution >= 4 is 33.1 Å². The van der Waals surface area contributed by atoms with E-state index in [0.29, 0.717) is 5.76 Å². The van der Waals surface area contributed by atoms with E-state index in [1.54, 1.807) is 6.07 Å². The zero-order chi connectivity index (χ0) is 10.8. The molecule has 0 bridgehead atoms. The molecule has 15 heavy (non-hydrogen) atoms. The molecule has 0 saturated heterocycles. The van der Waals surface area contributed by atoms with E-state index in [1.165, 1.54) is 0 Å². The highest BCUT2D eigenvalue weighted by Gasteiger charge is 2.08. The lowest BCUT2D eigenvalue weighted by atomic mass is 10.2. The van der Waals surface area contributed by atoms with Gasteiger partial charge < -0.3 is 10.2 Å². The Balaban J connectivity index is 2.46. The molecule has 1 aromatic carbocycles. The van der Waals surface area contributed by atoms with Crippen LogP contribution in [-0.4, -0.2) is 4.99 Å². The van der Waals surface area contributed by atoms with Gasteiger partial charge >= 0.3 is 0 Å². The van der Waals surface area contributed by atoms with E-state index in [2.05, 4.69) is 15.9 Å². The van der Waals surface area contributed by atoms with Crippen LogP contribution in [0.1, 0.15) is 5.76 Å². The van der Waals surface area contributed by atoms with E-state index in [0.717, 1.165) is 15.8 Å². The van der Waals surface area contributed by atoms with E-state index in [4.69, 9.17) is 22.4 Å². The Hall–Kier alpha value is -1.13. The molecular weight excluding hydrogens is 274 g/mol. The van der Waals surface area contributed by atoms with Crippen LogP contribution in [0.25, 0.3) is 11.3 Å². The minimum Gasteiger partial charge on any atom is -0.454 e. The van der Waals surface area contributed by atoms with Gasteiger partial charge in [-0.2, -0.15) is 0 Å². The van der Waals surface area contributed by atoms with Gasteiger partial charge in [0.25, 0.3) is 0 Å². The number of halogens is 1. The summed E-state index contributed by atoms with van der Waals surface area (Å²) >= 11 is 8.29. The van der Waals surface area contributed by atoms with Crippen LogP contribution in [-0.2, 0) is 0 Å². The summed E-state index contributed by atoms with van der Waals surface area (Å²) in [5.74, 6) is 1.29. The van der Waals surface area contributed by atoms with Crippen LogP contribution in [0.15, 0.2) is 45.3 Å². The molecule has 0 spiro atoms. The van der Waals surface area contributed by atoms with Crippen molar-refractivity contribution in [1.29, 1.82) is 0 Å². The van der Waals surface area contributed by atoms with Gasteiger partial charge in [-0.15, -0.1) is 0 Å². The molecule has 0 fully saturated rings. The van der Waals surface area contributed by atoms with Crippen molar-refractivity contribution < 1.29 is 4.42 Å². The fourth-order valence-corrected chi connectivity index (χ4v) is 1.87. The molecule has 0 aliphatic rings. The molecule has 2 N–H and O–H groups in total. The number of furan rings is 1. The van der Waals surface area contributed by atoms with Crippen LogP contribution in [0.4, 0.5) is 0 Å². The minimum absolute atomic E-state index is 0.272. The highest BCUT2D eigenvalue weighted by atomic mass is 79.9. The zero-order valence-corrected chi connectivity index (χ0v) is 10.1. The van der Waals surface area contributed by atoms with Gasteiger partial charge in [-0.1, -0.05) is 46.3 Å². The molecule has 0 atom stereocenters.